The van der Waals surface area contributed by atoms with E-state index in [9.17, 15) is 15.0 Å². The SMILES string of the molecule is CCOC(=O)[C@]1(C)CC[C@@H](CC2(O)CCCCC2C)[C@]1(C)O. The lowest BCUT2D eigenvalue weighted by Gasteiger charge is -2.44. The molecule has 2 rings (SSSR count). The first-order chi connectivity index (χ1) is 10.2. The molecule has 2 N–H and O–H groups in total. The average Bonchev–Trinajstić information content (AvgIpc) is 2.67. The van der Waals surface area contributed by atoms with Crippen LogP contribution in [-0.2, 0) is 9.53 Å². The number of hydrogen-bond donors (Lipinski definition) is 2. The third kappa shape index (κ3) is 2.80. The zero-order valence-corrected chi connectivity index (χ0v) is 14.5. The van der Waals surface area contributed by atoms with E-state index in [1.54, 1.807) is 20.8 Å². The van der Waals surface area contributed by atoms with E-state index >= 15 is 0 Å². The minimum Gasteiger partial charge on any atom is -0.465 e. The summed E-state index contributed by atoms with van der Waals surface area (Å²) in [4.78, 5) is 12.3. The van der Waals surface area contributed by atoms with Crippen LogP contribution >= 0.6 is 0 Å². The predicted molar refractivity (Wildman–Crippen MR) is 85.3 cm³/mol. The van der Waals surface area contributed by atoms with Crippen LogP contribution in [0.4, 0.5) is 0 Å². The van der Waals surface area contributed by atoms with Gasteiger partial charge in [-0.25, -0.2) is 0 Å². The van der Waals surface area contributed by atoms with Crippen LogP contribution in [0.25, 0.3) is 0 Å². The molecule has 2 aliphatic carbocycles. The highest BCUT2D eigenvalue weighted by molar-refractivity contribution is 5.78. The van der Waals surface area contributed by atoms with E-state index in [0.717, 1.165) is 25.7 Å². The standard InChI is InChI=1S/C18H32O4/c1-5-22-15(19)16(3)11-9-14(17(16,4)20)12-18(21)10-7-6-8-13(18)2/h13-14,20-21H,5-12H2,1-4H3/t13?,14-,16-,17-,18?/m0/s1. The molecule has 0 saturated heterocycles. The third-order valence-electron chi connectivity index (χ3n) is 6.64. The van der Waals surface area contributed by atoms with Crippen LogP contribution in [0.15, 0.2) is 0 Å². The van der Waals surface area contributed by atoms with Gasteiger partial charge in [0, 0.05) is 0 Å². The normalized spacial score (nSPS) is 45.7. The Labute approximate surface area is 134 Å². The van der Waals surface area contributed by atoms with Crippen LogP contribution in [0.2, 0.25) is 0 Å². The van der Waals surface area contributed by atoms with Crippen molar-refractivity contribution in [1.82, 2.24) is 0 Å². The van der Waals surface area contributed by atoms with Crippen LogP contribution in [0, 0.1) is 17.3 Å². The Bertz CT molecular complexity index is 419. The Morgan fingerprint density at radius 3 is 2.45 bits per heavy atom. The lowest BCUT2D eigenvalue weighted by Crippen LogP contribution is -2.52. The van der Waals surface area contributed by atoms with E-state index in [0.29, 0.717) is 19.4 Å². The Morgan fingerprint density at radius 2 is 1.86 bits per heavy atom. The van der Waals surface area contributed by atoms with Crippen molar-refractivity contribution in [1.29, 1.82) is 0 Å². The van der Waals surface area contributed by atoms with Gasteiger partial charge in [-0.1, -0.05) is 19.8 Å². The zero-order chi connectivity index (χ0) is 16.6. The third-order valence-corrected chi connectivity index (χ3v) is 6.64. The van der Waals surface area contributed by atoms with Gasteiger partial charge in [-0.3, -0.25) is 4.79 Å². The summed E-state index contributed by atoms with van der Waals surface area (Å²) < 4.78 is 5.19. The van der Waals surface area contributed by atoms with Gasteiger partial charge in [-0.2, -0.15) is 0 Å². The van der Waals surface area contributed by atoms with Crippen molar-refractivity contribution < 1.29 is 19.7 Å². The summed E-state index contributed by atoms with van der Waals surface area (Å²) in [6, 6.07) is 0. The van der Waals surface area contributed by atoms with Gasteiger partial charge in [-0.15, -0.1) is 0 Å². The second-order valence-electron chi connectivity index (χ2n) is 7.89. The molecule has 2 unspecified atom stereocenters. The minimum absolute atomic E-state index is 0.0625. The molecule has 0 aliphatic heterocycles. The van der Waals surface area contributed by atoms with Gasteiger partial charge < -0.3 is 14.9 Å². The van der Waals surface area contributed by atoms with E-state index in [1.165, 1.54) is 6.42 Å². The second-order valence-corrected chi connectivity index (χ2v) is 7.89. The predicted octanol–water partition coefficient (Wildman–Crippen LogP) is 3.05. The van der Waals surface area contributed by atoms with Crippen molar-refractivity contribution in [2.75, 3.05) is 6.61 Å². The molecule has 0 aromatic rings. The van der Waals surface area contributed by atoms with Gasteiger partial charge in [0.15, 0.2) is 0 Å². The van der Waals surface area contributed by atoms with Crippen LogP contribution < -0.4 is 0 Å². The summed E-state index contributed by atoms with van der Waals surface area (Å²) in [7, 11) is 0. The van der Waals surface area contributed by atoms with Crippen molar-refractivity contribution in [3.63, 3.8) is 0 Å². The Kier molecular flexibility index (Phi) is 4.94. The zero-order valence-electron chi connectivity index (χ0n) is 14.5. The van der Waals surface area contributed by atoms with Gasteiger partial charge in [-0.05, 0) is 64.7 Å². The van der Waals surface area contributed by atoms with Crippen LogP contribution in [0.5, 0.6) is 0 Å². The van der Waals surface area contributed by atoms with Gasteiger partial charge in [0.1, 0.15) is 0 Å². The Hall–Kier alpha value is -0.610. The topological polar surface area (TPSA) is 66.8 Å². The Balaban J connectivity index is 2.15. The molecule has 0 radical (unpaired) electrons. The number of ether oxygens (including phenoxy) is 1. The van der Waals surface area contributed by atoms with Crippen molar-refractivity contribution in [2.24, 2.45) is 17.3 Å². The first kappa shape index (κ1) is 17.7. The summed E-state index contributed by atoms with van der Waals surface area (Å²) in [5.41, 5.74) is -2.71. The average molecular weight is 312 g/mol. The molecule has 5 atom stereocenters. The molecule has 22 heavy (non-hydrogen) atoms. The number of carbonyl (C=O) groups is 1. The highest BCUT2D eigenvalue weighted by atomic mass is 16.5. The molecular formula is C18H32O4. The fourth-order valence-electron chi connectivity index (χ4n) is 4.47. The maximum absolute atomic E-state index is 12.3. The van der Waals surface area contributed by atoms with Gasteiger partial charge in [0.2, 0.25) is 0 Å². The van der Waals surface area contributed by atoms with Crippen molar-refractivity contribution in [3.8, 4) is 0 Å². The lowest BCUT2D eigenvalue weighted by atomic mass is 9.67. The molecule has 2 fully saturated rings. The number of hydrogen-bond acceptors (Lipinski definition) is 4. The first-order valence-electron chi connectivity index (χ1n) is 8.79. The molecule has 4 nitrogen and oxygen atoms in total. The fraction of sp³-hybridized carbons (Fsp3) is 0.944. The molecule has 0 aromatic heterocycles. The van der Waals surface area contributed by atoms with Gasteiger partial charge in [0.05, 0.1) is 23.2 Å². The minimum atomic E-state index is -1.13. The highest BCUT2D eigenvalue weighted by Crippen LogP contribution is 2.54. The maximum Gasteiger partial charge on any atom is 0.314 e. The van der Waals surface area contributed by atoms with Gasteiger partial charge >= 0.3 is 5.97 Å². The van der Waals surface area contributed by atoms with Crippen molar-refractivity contribution >= 4 is 5.97 Å². The van der Waals surface area contributed by atoms with Crippen LogP contribution in [-0.4, -0.2) is 34.0 Å². The Morgan fingerprint density at radius 1 is 1.18 bits per heavy atom. The molecular weight excluding hydrogens is 280 g/mol. The summed E-state index contributed by atoms with van der Waals surface area (Å²) in [6.07, 6.45) is 6.02. The molecule has 4 heteroatoms. The molecule has 0 spiro atoms. The monoisotopic (exact) mass is 312 g/mol. The van der Waals surface area contributed by atoms with E-state index in [-0.39, 0.29) is 17.8 Å². The molecule has 0 bridgehead atoms. The first-order valence-corrected chi connectivity index (χ1v) is 8.79. The summed E-state index contributed by atoms with van der Waals surface area (Å²) >= 11 is 0. The molecule has 0 heterocycles. The number of rotatable bonds is 4. The highest BCUT2D eigenvalue weighted by Gasteiger charge is 2.60. The molecule has 2 saturated carbocycles. The van der Waals surface area contributed by atoms with Crippen molar-refractivity contribution in [3.05, 3.63) is 0 Å². The lowest BCUT2D eigenvalue weighted by molar-refractivity contribution is -0.173. The molecule has 128 valence electrons. The number of carbonyl (C=O) groups excluding carboxylic acids is 1. The number of esters is 1. The van der Waals surface area contributed by atoms with E-state index < -0.39 is 16.6 Å². The molecule has 2 aliphatic rings. The largest absolute Gasteiger partial charge is 0.465 e. The van der Waals surface area contributed by atoms with Crippen LogP contribution in [0.3, 0.4) is 0 Å². The summed E-state index contributed by atoms with van der Waals surface area (Å²) in [5, 5.41) is 22.1. The maximum atomic E-state index is 12.3. The number of aliphatic hydroxyl groups is 2. The summed E-state index contributed by atoms with van der Waals surface area (Å²) in [6.45, 7) is 7.77. The van der Waals surface area contributed by atoms with E-state index in [2.05, 4.69) is 6.92 Å². The summed E-state index contributed by atoms with van der Waals surface area (Å²) in [5.74, 6) is -0.120. The molecule has 0 aromatic carbocycles. The van der Waals surface area contributed by atoms with Crippen molar-refractivity contribution in [2.45, 2.75) is 83.8 Å². The van der Waals surface area contributed by atoms with Crippen LogP contribution in [0.1, 0.15) is 72.6 Å². The van der Waals surface area contributed by atoms with E-state index in [1.807, 2.05) is 0 Å². The second kappa shape index (κ2) is 6.12. The van der Waals surface area contributed by atoms with E-state index in [4.69, 9.17) is 4.74 Å². The van der Waals surface area contributed by atoms with Gasteiger partial charge in [0.25, 0.3) is 0 Å². The quantitative estimate of drug-likeness (QED) is 0.783. The smallest absolute Gasteiger partial charge is 0.314 e. The fourth-order valence-corrected chi connectivity index (χ4v) is 4.47. The molecule has 0 amide bonds.